The van der Waals surface area contributed by atoms with E-state index in [1.54, 1.807) is 13.2 Å². The maximum atomic E-state index is 11.8. The van der Waals surface area contributed by atoms with Crippen LogP contribution in [0.4, 0.5) is 0 Å². The van der Waals surface area contributed by atoms with Crippen molar-refractivity contribution in [2.24, 2.45) is 0 Å². The number of hydrogen-bond donors (Lipinski definition) is 2. The van der Waals surface area contributed by atoms with E-state index in [1.807, 2.05) is 35.7 Å². The summed E-state index contributed by atoms with van der Waals surface area (Å²) in [5, 5.41) is 11.7. The minimum absolute atomic E-state index is 0.114. The quantitative estimate of drug-likeness (QED) is 0.758. The second-order valence-corrected chi connectivity index (χ2v) is 5.44. The number of carbonyl (C=O) groups excluding carboxylic acids is 1. The number of carbonyl (C=O) groups is 1. The van der Waals surface area contributed by atoms with Crippen molar-refractivity contribution in [2.45, 2.75) is 6.54 Å². The zero-order valence-corrected chi connectivity index (χ0v) is 12.7. The van der Waals surface area contributed by atoms with Crippen molar-refractivity contribution in [3.63, 3.8) is 0 Å². The van der Waals surface area contributed by atoms with Gasteiger partial charge in [-0.25, -0.2) is 4.98 Å². The van der Waals surface area contributed by atoms with Crippen LogP contribution in [0, 0.1) is 0 Å². The number of H-pyrrole nitrogens is 1. The Hall–Kier alpha value is -2.67. The van der Waals surface area contributed by atoms with Crippen molar-refractivity contribution in [2.75, 3.05) is 7.11 Å². The Morgan fingerprint density at radius 2 is 2.14 bits per heavy atom. The second-order valence-electron chi connectivity index (χ2n) is 4.49. The third-order valence-corrected chi connectivity index (χ3v) is 3.91. The first-order valence-corrected chi connectivity index (χ1v) is 7.51. The predicted molar refractivity (Wildman–Crippen MR) is 83.9 cm³/mol. The van der Waals surface area contributed by atoms with Crippen LogP contribution in [0.5, 0.6) is 5.75 Å². The van der Waals surface area contributed by atoms with Crippen LogP contribution in [0.3, 0.4) is 0 Å². The van der Waals surface area contributed by atoms with E-state index in [9.17, 15) is 4.79 Å². The van der Waals surface area contributed by atoms with E-state index < -0.39 is 0 Å². The second kappa shape index (κ2) is 6.40. The molecule has 6 nitrogen and oxygen atoms in total. The Bertz CT molecular complexity index is 750. The molecule has 0 radical (unpaired) electrons. The minimum Gasteiger partial charge on any atom is -0.497 e. The van der Waals surface area contributed by atoms with E-state index in [-0.39, 0.29) is 5.91 Å². The minimum atomic E-state index is -0.114. The highest BCUT2D eigenvalue weighted by atomic mass is 32.1. The third kappa shape index (κ3) is 3.15. The molecule has 0 aliphatic carbocycles. The van der Waals surface area contributed by atoms with Gasteiger partial charge in [-0.1, -0.05) is 6.07 Å². The van der Waals surface area contributed by atoms with Crippen LogP contribution in [0.25, 0.3) is 11.4 Å². The van der Waals surface area contributed by atoms with Crippen LogP contribution in [0.15, 0.2) is 41.8 Å². The SMILES string of the molecule is COc1ccc(-c2n[nH]c(CNC(=O)c3cccs3)n2)cc1. The largest absolute Gasteiger partial charge is 0.497 e. The number of thiophene rings is 1. The summed E-state index contributed by atoms with van der Waals surface area (Å²) < 4.78 is 5.12. The fourth-order valence-electron chi connectivity index (χ4n) is 1.90. The van der Waals surface area contributed by atoms with Crippen molar-refractivity contribution in [1.29, 1.82) is 0 Å². The Morgan fingerprint density at radius 3 is 2.82 bits per heavy atom. The standard InChI is InChI=1S/C15H14N4O2S/c1-21-11-6-4-10(5-7-11)14-17-13(18-19-14)9-16-15(20)12-3-2-8-22-12/h2-8H,9H2,1H3,(H,16,20)(H,17,18,19). The summed E-state index contributed by atoms with van der Waals surface area (Å²) in [6.07, 6.45) is 0. The van der Waals surface area contributed by atoms with E-state index in [0.29, 0.717) is 23.1 Å². The number of rotatable bonds is 5. The lowest BCUT2D eigenvalue weighted by molar-refractivity contribution is 0.0954. The molecular weight excluding hydrogens is 300 g/mol. The van der Waals surface area contributed by atoms with Gasteiger partial charge in [-0.05, 0) is 35.7 Å². The van der Waals surface area contributed by atoms with Crippen LogP contribution in [0.2, 0.25) is 0 Å². The summed E-state index contributed by atoms with van der Waals surface area (Å²) in [4.78, 5) is 16.9. The molecule has 0 bridgehead atoms. The molecule has 2 heterocycles. The van der Waals surface area contributed by atoms with Gasteiger partial charge in [0.15, 0.2) is 5.82 Å². The first-order chi connectivity index (χ1) is 10.8. The average Bonchev–Trinajstić information content (AvgIpc) is 3.24. The number of methoxy groups -OCH3 is 1. The van der Waals surface area contributed by atoms with E-state index in [4.69, 9.17) is 4.74 Å². The van der Waals surface area contributed by atoms with Crippen LogP contribution in [-0.4, -0.2) is 28.2 Å². The Labute approximate surface area is 131 Å². The maximum absolute atomic E-state index is 11.8. The van der Waals surface area contributed by atoms with Gasteiger partial charge in [0.05, 0.1) is 18.5 Å². The molecule has 0 unspecified atom stereocenters. The zero-order chi connectivity index (χ0) is 15.4. The van der Waals surface area contributed by atoms with Crippen LogP contribution >= 0.6 is 11.3 Å². The summed E-state index contributed by atoms with van der Waals surface area (Å²) >= 11 is 1.40. The molecule has 2 aromatic heterocycles. The van der Waals surface area contributed by atoms with Gasteiger partial charge < -0.3 is 10.1 Å². The van der Waals surface area contributed by atoms with Gasteiger partial charge in [-0.2, -0.15) is 5.10 Å². The molecule has 0 fully saturated rings. The van der Waals surface area contributed by atoms with Crippen molar-refractivity contribution in [1.82, 2.24) is 20.5 Å². The van der Waals surface area contributed by atoms with Gasteiger partial charge >= 0.3 is 0 Å². The van der Waals surface area contributed by atoms with Gasteiger partial charge in [0.1, 0.15) is 11.6 Å². The summed E-state index contributed by atoms with van der Waals surface area (Å²) in [6, 6.07) is 11.1. The molecule has 112 valence electrons. The van der Waals surface area contributed by atoms with Gasteiger partial charge in [-0.15, -0.1) is 11.3 Å². The predicted octanol–water partition coefficient (Wildman–Crippen LogP) is 2.47. The van der Waals surface area contributed by atoms with Crippen molar-refractivity contribution in [3.05, 3.63) is 52.5 Å². The first kappa shape index (κ1) is 14.3. The van der Waals surface area contributed by atoms with Gasteiger partial charge in [0, 0.05) is 5.56 Å². The van der Waals surface area contributed by atoms with Gasteiger partial charge in [0.25, 0.3) is 5.91 Å². The molecule has 3 aromatic rings. The van der Waals surface area contributed by atoms with Crippen LogP contribution < -0.4 is 10.1 Å². The molecule has 7 heteroatoms. The highest BCUT2D eigenvalue weighted by Gasteiger charge is 2.09. The molecule has 1 amide bonds. The maximum Gasteiger partial charge on any atom is 0.261 e. The molecule has 0 aliphatic heterocycles. The number of amides is 1. The average molecular weight is 314 g/mol. The molecule has 0 spiro atoms. The van der Waals surface area contributed by atoms with Gasteiger partial charge in [-0.3, -0.25) is 9.89 Å². The smallest absolute Gasteiger partial charge is 0.261 e. The van der Waals surface area contributed by atoms with E-state index in [1.165, 1.54) is 11.3 Å². The van der Waals surface area contributed by atoms with Crippen LogP contribution in [0.1, 0.15) is 15.5 Å². The number of aromatic nitrogens is 3. The normalized spacial score (nSPS) is 10.4. The lowest BCUT2D eigenvalue weighted by Gasteiger charge is -2.00. The topological polar surface area (TPSA) is 79.9 Å². The number of benzene rings is 1. The molecule has 0 aliphatic rings. The highest BCUT2D eigenvalue weighted by Crippen LogP contribution is 2.18. The molecule has 22 heavy (non-hydrogen) atoms. The number of nitrogens with zero attached hydrogens (tertiary/aromatic N) is 2. The molecule has 0 saturated heterocycles. The van der Waals surface area contributed by atoms with Crippen LogP contribution in [-0.2, 0) is 6.54 Å². The first-order valence-electron chi connectivity index (χ1n) is 6.63. The molecule has 2 N–H and O–H groups in total. The monoisotopic (exact) mass is 314 g/mol. The lowest BCUT2D eigenvalue weighted by Crippen LogP contribution is -2.22. The van der Waals surface area contributed by atoms with E-state index in [0.717, 1.165) is 11.3 Å². The molecule has 3 rings (SSSR count). The third-order valence-electron chi connectivity index (χ3n) is 3.04. The fraction of sp³-hybridized carbons (Fsp3) is 0.133. The molecule has 0 saturated carbocycles. The van der Waals surface area contributed by atoms with Gasteiger partial charge in [0.2, 0.25) is 0 Å². The van der Waals surface area contributed by atoms with Crippen molar-refractivity contribution in [3.8, 4) is 17.1 Å². The lowest BCUT2D eigenvalue weighted by atomic mass is 10.2. The Kier molecular flexibility index (Phi) is 4.15. The summed E-state index contributed by atoms with van der Waals surface area (Å²) in [7, 11) is 1.62. The Morgan fingerprint density at radius 1 is 1.32 bits per heavy atom. The summed E-state index contributed by atoms with van der Waals surface area (Å²) in [5.41, 5.74) is 0.882. The summed E-state index contributed by atoms with van der Waals surface area (Å²) in [6.45, 7) is 0.305. The van der Waals surface area contributed by atoms with E-state index in [2.05, 4.69) is 20.5 Å². The highest BCUT2D eigenvalue weighted by molar-refractivity contribution is 7.12. The number of hydrogen-bond acceptors (Lipinski definition) is 5. The molecule has 0 atom stereocenters. The zero-order valence-electron chi connectivity index (χ0n) is 11.9. The number of aromatic amines is 1. The fourth-order valence-corrected chi connectivity index (χ4v) is 2.54. The molecule has 1 aromatic carbocycles. The number of ether oxygens (including phenoxy) is 1. The summed E-state index contributed by atoms with van der Waals surface area (Å²) in [5.74, 6) is 1.86. The Balaban J connectivity index is 1.64. The van der Waals surface area contributed by atoms with E-state index >= 15 is 0 Å². The molecular formula is C15H14N4O2S. The van der Waals surface area contributed by atoms with Crippen molar-refractivity contribution >= 4 is 17.2 Å². The van der Waals surface area contributed by atoms with Crippen molar-refractivity contribution < 1.29 is 9.53 Å². The number of nitrogens with one attached hydrogen (secondary N) is 2.